The fourth-order valence-electron chi connectivity index (χ4n) is 1.66. The maximum Gasteiger partial charge on any atom is 0.344 e. The third-order valence-electron chi connectivity index (χ3n) is 2.63. The average molecular weight is 276 g/mol. The Morgan fingerprint density at radius 2 is 2.15 bits per heavy atom. The summed E-state index contributed by atoms with van der Waals surface area (Å²) in [6, 6.07) is 7.58. The van der Waals surface area contributed by atoms with E-state index in [-0.39, 0.29) is 19.1 Å². The SMILES string of the molecule is CCc1ccccc1OCC(=O)OCc1nc(C)no1. The highest BCUT2D eigenvalue weighted by Crippen LogP contribution is 2.18. The first kappa shape index (κ1) is 14.0. The van der Waals surface area contributed by atoms with Crippen LogP contribution in [0, 0.1) is 6.92 Å². The largest absolute Gasteiger partial charge is 0.482 e. The van der Waals surface area contributed by atoms with Gasteiger partial charge in [-0.05, 0) is 25.0 Å². The fourth-order valence-corrected chi connectivity index (χ4v) is 1.66. The molecule has 2 rings (SSSR count). The van der Waals surface area contributed by atoms with Crippen LogP contribution in [0.5, 0.6) is 5.75 Å². The summed E-state index contributed by atoms with van der Waals surface area (Å²) in [5.74, 6) is 0.987. The van der Waals surface area contributed by atoms with Crippen molar-refractivity contribution in [3.63, 3.8) is 0 Å². The van der Waals surface area contributed by atoms with Gasteiger partial charge in [-0.3, -0.25) is 0 Å². The van der Waals surface area contributed by atoms with Gasteiger partial charge in [0.1, 0.15) is 5.75 Å². The maximum atomic E-state index is 11.6. The van der Waals surface area contributed by atoms with Gasteiger partial charge >= 0.3 is 5.97 Å². The molecule has 0 bridgehead atoms. The van der Waals surface area contributed by atoms with Gasteiger partial charge in [0.25, 0.3) is 5.89 Å². The molecule has 1 aromatic carbocycles. The number of benzene rings is 1. The number of hydrogen-bond acceptors (Lipinski definition) is 6. The highest BCUT2D eigenvalue weighted by Gasteiger charge is 2.09. The lowest BCUT2D eigenvalue weighted by molar-refractivity contribution is -0.148. The quantitative estimate of drug-likeness (QED) is 0.752. The third kappa shape index (κ3) is 3.81. The first-order valence-electron chi connectivity index (χ1n) is 6.34. The lowest BCUT2D eigenvalue weighted by Crippen LogP contribution is -2.15. The van der Waals surface area contributed by atoms with E-state index in [1.807, 2.05) is 31.2 Å². The van der Waals surface area contributed by atoms with Crippen molar-refractivity contribution in [3.8, 4) is 5.75 Å². The second kappa shape index (κ2) is 6.70. The normalized spacial score (nSPS) is 10.3. The number of ether oxygens (including phenoxy) is 2. The smallest absolute Gasteiger partial charge is 0.344 e. The predicted molar refractivity (Wildman–Crippen MR) is 70.1 cm³/mol. The minimum absolute atomic E-state index is 0.0432. The molecule has 0 spiro atoms. The summed E-state index contributed by atoms with van der Waals surface area (Å²) in [5, 5.41) is 3.60. The molecule has 0 radical (unpaired) electrons. The molecule has 0 saturated heterocycles. The number of rotatable bonds is 6. The lowest BCUT2D eigenvalue weighted by atomic mass is 10.1. The van der Waals surface area contributed by atoms with Gasteiger partial charge in [0.05, 0.1) is 0 Å². The van der Waals surface area contributed by atoms with E-state index < -0.39 is 5.97 Å². The molecule has 2 aromatic rings. The first-order chi connectivity index (χ1) is 9.69. The van der Waals surface area contributed by atoms with Crippen molar-refractivity contribution in [3.05, 3.63) is 41.5 Å². The van der Waals surface area contributed by atoms with Crippen LogP contribution in [0.1, 0.15) is 24.2 Å². The van der Waals surface area contributed by atoms with Gasteiger partial charge in [0, 0.05) is 0 Å². The molecular formula is C14H16N2O4. The molecule has 0 amide bonds. The number of hydrogen-bond donors (Lipinski definition) is 0. The minimum atomic E-state index is -0.480. The highest BCUT2D eigenvalue weighted by molar-refractivity contribution is 5.71. The Hall–Kier alpha value is -2.37. The van der Waals surface area contributed by atoms with E-state index in [2.05, 4.69) is 10.1 Å². The van der Waals surface area contributed by atoms with E-state index >= 15 is 0 Å². The molecule has 106 valence electrons. The molecular weight excluding hydrogens is 260 g/mol. The van der Waals surface area contributed by atoms with Crippen molar-refractivity contribution in [1.29, 1.82) is 0 Å². The molecule has 6 nitrogen and oxygen atoms in total. The molecule has 0 unspecified atom stereocenters. The summed E-state index contributed by atoms with van der Waals surface area (Å²) in [6.07, 6.45) is 0.840. The van der Waals surface area contributed by atoms with Crippen molar-refractivity contribution >= 4 is 5.97 Å². The van der Waals surface area contributed by atoms with E-state index in [1.54, 1.807) is 6.92 Å². The second-order valence-electron chi connectivity index (χ2n) is 4.15. The van der Waals surface area contributed by atoms with Crippen LogP contribution in [0.25, 0.3) is 0 Å². The fraction of sp³-hybridized carbons (Fsp3) is 0.357. The molecule has 1 heterocycles. The summed E-state index contributed by atoms with van der Waals surface area (Å²) >= 11 is 0. The Bertz CT molecular complexity index is 580. The number of para-hydroxylation sites is 1. The average Bonchev–Trinajstić information content (AvgIpc) is 2.89. The van der Waals surface area contributed by atoms with Crippen LogP contribution in [-0.4, -0.2) is 22.7 Å². The van der Waals surface area contributed by atoms with Crippen molar-refractivity contribution in [1.82, 2.24) is 10.1 Å². The van der Waals surface area contributed by atoms with E-state index in [1.165, 1.54) is 0 Å². The molecule has 0 saturated carbocycles. The number of aromatic nitrogens is 2. The molecule has 0 fully saturated rings. The Morgan fingerprint density at radius 3 is 2.85 bits per heavy atom. The van der Waals surface area contributed by atoms with Gasteiger partial charge in [-0.25, -0.2) is 4.79 Å². The van der Waals surface area contributed by atoms with Crippen LogP contribution in [-0.2, 0) is 22.6 Å². The summed E-state index contributed by atoms with van der Waals surface area (Å²) in [5.41, 5.74) is 1.05. The van der Waals surface area contributed by atoms with Gasteiger partial charge in [-0.2, -0.15) is 4.98 Å². The van der Waals surface area contributed by atoms with Crippen LogP contribution in [0.2, 0.25) is 0 Å². The Labute approximate surface area is 116 Å². The van der Waals surface area contributed by atoms with Gasteiger partial charge in [0.15, 0.2) is 19.0 Å². The zero-order valence-electron chi connectivity index (χ0n) is 11.5. The number of carbonyl (C=O) groups is 1. The molecule has 6 heteroatoms. The van der Waals surface area contributed by atoms with Gasteiger partial charge in [-0.15, -0.1) is 0 Å². The van der Waals surface area contributed by atoms with Crippen LogP contribution in [0.4, 0.5) is 0 Å². The number of aryl methyl sites for hydroxylation is 2. The molecule has 0 aliphatic rings. The minimum Gasteiger partial charge on any atom is -0.482 e. The van der Waals surface area contributed by atoms with Gasteiger partial charge in [0.2, 0.25) is 0 Å². The highest BCUT2D eigenvalue weighted by atomic mass is 16.6. The Kier molecular flexibility index (Phi) is 4.70. The zero-order valence-corrected chi connectivity index (χ0v) is 11.5. The summed E-state index contributed by atoms with van der Waals surface area (Å²) in [4.78, 5) is 15.5. The Morgan fingerprint density at radius 1 is 1.35 bits per heavy atom. The monoisotopic (exact) mass is 276 g/mol. The number of esters is 1. The molecule has 0 N–H and O–H groups in total. The standard InChI is InChI=1S/C14H16N2O4/c1-3-11-6-4-5-7-12(11)18-9-14(17)19-8-13-15-10(2)16-20-13/h4-7H,3,8-9H2,1-2H3. The molecule has 0 atom stereocenters. The molecule has 1 aromatic heterocycles. The van der Waals surface area contributed by atoms with Crippen LogP contribution < -0.4 is 4.74 Å². The summed E-state index contributed by atoms with van der Waals surface area (Å²) < 4.78 is 15.3. The van der Waals surface area contributed by atoms with Crippen molar-refractivity contribution in [2.24, 2.45) is 0 Å². The van der Waals surface area contributed by atoms with E-state index in [0.717, 1.165) is 12.0 Å². The second-order valence-corrected chi connectivity index (χ2v) is 4.15. The zero-order chi connectivity index (χ0) is 14.4. The van der Waals surface area contributed by atoms with E-state index in [4.69, 9.17) is 14.0 Å². The predicted octanol–water partition coefficient (Wildman–Crippen LogP) is 2.06. The first-order valence-corrected chi connectivity index (χ1v) is 6.34. The van der Waals surface area contributed by atoms with Gasteiger partial charge in [-0.1, -0.05) is 30.3 Å². The molecule has 0 aliphatic heterocycles. The molecule has 0 aliphatic carbocycles. The number of carbonyl (C=O) groups excluding carboxylic acids is 1. The van der Waals surface area contributed by atoms with Crippen molar-refractivity contribution in [2.45, 2.75) is 26.9 Å². The van der Waals surface area contributed by atoms with Crippen LogP contribution in [0.15, 0.2) is 28.8 Å². The van der Waals surface area contributed by atoms with Crippen molar-refractivity contribution < 1.29 is 18.8 Å². The summed E-state index contributed by atoms with van der Waals surface area (Å²) in [7, 11) is 0. The van der Waals surface area contributed by atoms with Crippen LogP contribution in [0.3, 0.4) is 0 Å². The maximum absolute atomic E-state index is 11.6. The van der Waals surface area contributed by atoms with E-state index in [9.17, 15) is 4.79 Å². The summed E-state index contributed by atoms with van der Waals surface area (Å²) in [6.45, 7) is 3.53. The van der Waals surface area contributed by atoms with Crippen LogP contribution >= 0.6 is 0 Å². The number of nitrogens with zero attached hydrogens (tertiary/aromatic N) is 2. The Balaban J connectivity index is 1.80. The van der Waals surface area contributed by atoms with Crippen molar-refractivity contribution in [2.75, 3.05) is 6.61 Å². The topological polar surface area (TPSA) is 74.5 Å². The van der Waals surface area contributed by atoms with E-state index in [0.29, 0.717) is 11.6 Å². The molecule has 20 heavy (non-hydrogen) atoms. The lowest BCUT2D eigenvalue weighted by Gasteiger charge is -2.09. The van der Waals surface area contributed by atoms with Gasteiger partial charge < -0.3 is 14.0 Å². The third-order valence-corrected chi connectivity index (χ3v) is 2.63.